The molecule has 2 aromatic rings. The van der Waals surface area contributed by atoms with E-state index in [1.807, 2.05) is 12.1 Å². The van der Waals surface area contributed by atoms with Crippen LogP contribution in [0.5, 0.6) is 0 Å². The topological polar surface area (TPSA) is 103 Å². The molecule has 1 aliphatic rings. The number of nitrogen functional groups attached to an aromatic ring is 1. The number of carbonyl (C=O) groups excluding carboxylic acids is 1. The highest BCUT2D eigenvalue weighted by Gasteiger charge is 2.17. The Labute approximate surface area is 102 Å². The molecule has 1 aliphatic heterocycles. The van der Waals surface area contributed by atoms with Gasteiger partial charge >= 0.3 is 0 Å². The van der Waals surface area contributed by atoms with Gasteiger partial charge in [-0.25, -0.2) is 4.63 Å². The minimum absolute atomic E-state index is 0.0215. The molecular weight excluding hydrogens is 236 g/mol. The predicted octanol–water partition coefficient (Wildman–Crippen LogP) is 0.934. The van der Waals surface area contributed by atoms with Crippen LogP contribution in [0.15, 0.2) is 22.8 Å². The summed E-state index contributed by atoms with van der Waals surface area (Å²) >= 11 is 0. The van der Waals surface area contributed by atoms with E-state index in [4.69, 9.17) is 10.5 Å². The lowest BCUT2D eigenvalue weighted by Gasteiger charge is -2.04. The van der Waals surface area contributed by atoms with Gasteiger partial charge in [0.2, 0.25) is 11.5 Å². The quantitative estimate of drug-likeness (QED) is 0.817. The third-order valence-electron chi connectivity index (χ3n) is 2.71. The van der Waals surface area contributed by atoms with Crippen molar-refractivity contribution >= 4 is 17.4 Å². The molecule has 1 amide bonds. The number of fused-ring (bicyclic) bond motifs is 1. The summed E-state index contributed by atoms with van der Waals surface area (Å²) in [6, 6.07) is 5.58. The molecule has 92 valence electrons. The van der Waals surface area contributed by atoms with Gasteiger partial charge in [0.25, 0.3) is 5.91 Å². The number of benzene rings is 1. The zero-order valence-electron chi connectivity index (χ0n) is 9.34. The van der Waals surface area contributed by atoms with E-state index in [0.717, 1.165) is 11.1 Å². The van der Waals surface area contributed by atoms with E-state index >= 15 is 0 Å². The number of anilines is 2. The van der Waals surface area contributed by atoms with Crippen LogP contribution in [0.3, 0.4) is 0 Å². The lowest BCUT2D eigenvalue weighted by Crippen LogP contribution is -2.14. The molecule has 1 aromatic carbocycles. The molecule has 3 N–H and O–H groups in total. The van der Waals surface area contributed by atoms with Crippen LogP contribution in [0.4, 0.5) is 11.5 Å². The summed E-state index contributed by atoms with van der Waals surface area (Å²) in [5.74, 6) is -0.482. The average molecular weight is 246 g/mol. The Balaban J connectivity index is 1.81. The molecule has 3 rings (SSSR count). The highest BCUT2D eigenvalue weighted by molar-refractivity contribution is 6.05. The smallest absolute Gasteiger partial charge is 0.281 e. The van der Waals surface area contributed by atoms with E-state index in [-0.39, 0.29) is 11.5 Å². The number of hydrogen-bond acceptors (Lipinski definition) is 6. The first-order valence-electron chi connectivity index (χ1n) is 5.33. The van der Waals surface area contributed by atoms with Crippen LogP contribution < -0.4 is 11.1 Å². The normalized spacial score (nSPS) is 13.3. The molecule has 0 aliphatic carbocycles. The molecule has 0 saturated heterocycles. The predicted molar refractivity (Wildman–Crippen MR) is 61.6 cm³/mol. The molecule has 1 aromatic heterocycles. The molecule has 2 heterocycles. The van der Waals surface area contributed by atoms with Crippen molar-refractivity contribution in [1.82, 2.24) is 10.3 Å². The van der Waals surface area contributed by atoms with Crippen LogP contribution >= 0.6 is 0 Å². The zero-order chi connectivity index (χ0) is 12.5. The maximum Gasteiger partial charge on any atom is 0.281 e. The fraction of sp³-hybridized carbons (Fsp3) is 0.182. The molecule has 7 heteroatoms. The number of nitrogens with zero attached hydrogens (tertiary/aromatic N) is 2. The largest absolute Gasteiger partial charge is 0.379 e. The van der Waals surface area contributed by atoms with E-state index in [1.165, 1.54) is 0 Å². The third-order valence-corrected chi connectivity index (χ3v) is 2.71. The Kier molecular flexibility index (Phi) is 2.45. The maximum atomic E-state index is 11.8. The van der Waals surface area contributed by atoms with Crippen molar-refractivity contribution in [2.24, 2.45) is 0 Å². The van der Waals surface area contributed by atoms with Crippen LogP contribution in [0.1, 0.15) is 21.6 Å². The summed E-state index contributed by atoms with van der Waals surface area (Å²) < 4.78 is 9.67. The monoisotopic (exact) mass is 246 g/mol. The van der Waals surface area contributed by atoms with Gasteiger partial charge in [0.1, 0.15) is 0 Å². The van der Waals surface area contributed by atoms with Crippen molar-refractivity contribution in [3.8, 4) is 0 Å². The van der Waals surface area contributed by atoms with Gasteiger partial charge in [0.15, 0.2) is 0 Å². The summed E-state index contributed by atoms with van der Waals surface area (Å²) in [4.78, 5) is 11.8. The Morgan fingerprint density at radius 3 is 2.89 bits per heavy atom. The first-order valence-corrected chi connectivity index (χ1v) is 5.33. The van der Waals surface area contributed by atoms with E-state index in [1.54, 1.807) is 6.07 Å². The van der Waals surface area contributed by atoms with E-state index < -0.39 is 5.91 Å². The second kappa shape index (κ2) is 4.11. The van der Waals surface area contributed by atoms with Gasteiger partial charge in [0, 0.05) is 5.69 Å². The van der Waals surface area contributed by atoms with Gasteiger partial charge < -0.3 is 15.8 Å². The minimum atomic E-state index is -0.451. The Morgan fingerprint density at radius 1 is 1.28 bits per heavy atom. The van der Waals surface area contributed by atoms with Gasteiger partial charge in [-0.3, -0.25) is 4.79 Å². The van der Waals surface area contributed by atoms with Crippen LogP contribution in [0.25, 0.3) is 0 Å². The molecule has 0 radical (unpaired) electrons. The first-order chi connectivity index (χ1) is 8.74. The molecule has 0 saturated carbocycles. The lowest BCUT2D eigenvalue weighted by molar-refractivity contribution is 0.101. The molecule has 0 unspecified atom stereocenters. The van der Waals surface area contributed by atoms with Gasteiger partial charge in [-0.15, -0.1) is 0 Å². The highest BCUT2D eigenvalue weighted by Crippen LogP contribution is 2.23. The molecular formula is C11H10N4O3. The van der Waals surface area contributed by atoms with E-state index in [9.17, 15) is 4.79 Å². The molecule has 7 nitrogen and oxygen atoms in total. The number of nitrogens with one attached hydrogen (secondary N) is 1. The zero-order valence-corrected chi connectivity index (χ0v) is 9.34. The Hall–Kier alpha value is -2.41. The Morgan fingerprint density at radius 2 is 2.11 bits per heavy atom. The van der Waals surface area contributed by atoms with Gasteiger partial charge in [-0.1, -0.05) is 6.07 Å². The van der Waals surface area contributed by atoms with Gasteiger partial charge in [0.05, 0.1) is 13.2 Å². The number of aromatic nitrogens is 2. The number of carbonyl (C=O) groups is 1. The summed E-state index contributed by atoms with van der Waals surface area (Å²) in [5.41, 5.74) is 8.28. The van der Waals surface area contributed by atoms with Crippen LogP contribution in [-0.4, -0.2) is 16.2 Å². The Bertz CT molecular complexity index is 608. The summed E-state index contributed by atoms with van der Waals surface area (Å²) in [5, 5.41) is 9.46. The maximum absolute atomic E-state index is 11.8. The number of hydrogen-bond donors (Lipinski definition) is 2. The molecule has 0 atom stereocenters. The van der Waals surface area contributed by atoms with Crippen molar-refractivity contribution in [2.45, 2.75) is 13.2 Å². The summed E-state index contributed by atoms with van der Waals surface area (Å²) in [6.07, 6.45) is 0. The van der Waals surface area contributed by atoms with Gasteiger partial charge in [-0.05, 0) is 33.6 Å². The van der Waals surface area contributed by atoms with Crippen molar-refractivity contribution in [3.63, 3.8) is 0 Å². The van der Waals surface area contributed by atoms with Crippen LogP contribution in [-0.2, 0) is 18.0 Å². The van der Waals surface area contributed by atoms with Crippen molar-refractivity contribution in [2.75, 3.05) is 11.1 Å². The molecule has 18 heavy (non-hydrogen) atoms. The van der Waals surface area contributed by atoms with Crippen LogP contribution in [0.2, 0.25) is 0 Å². The highest BCUT2D eigenvalue weighted by atomic mass is 16.6. The fourth-order valence-electron chi connectivity index (χ4n) is 1.79. The summed E-state index contributed by atoms with van der Waals surface area (Å²) in [7, 11) is 0. The van der Waals surface area contributed by atoms with Crippen molar-refractivity contribution < 1.29 is 14.2 Å². The summed E-state index contributed by atoms with van der Waals surface area (Å²) in [6.45, 7) is 1.18. The van der Waals surface area contributed by atoms with Crippen molar-refractivity contribution in [1.29, 1.82) is 0 Å². The lowest BCUT2D eigenvalue weighted by atomic mass is 10.1. The second-order valence-corrected chi connectivity index (χ2v) is 3.93. The van der Waals surface area contributed by atoms with Crippen molar-refractivity contribution in [3.05, 3.63) is 35.0 Å². The van der Waals surface area contributed by atoms with E-state index in [0.29, 0.717) is 18.9 Å². The minimum Gasteiger partial charge on any atom is -0.379 e. The SMILES string of the molecule is Nc1nonc1C(=O)Nc1ccc2c(c1)COC2. The molecule has 0 fully saturated rings. The van der Waals surface area contributed by atoms with Gasteiger partial charge in [-0.2, -0.15) is 0 Å². The number of nitrogens with two attached hydrogens (primary N) is 1. The number of rotatable bonds is 2. The standard InChI is InChI=1S/C11H10N4O3/c12-10-9(14-18-15-10)11(16)13-8-2-1-6-4-17-5-7(6)3-8/h1-3H,4-5H2,(H2,12,15)(H,13,16). The first kappa shape index (κ1) is 10.7. The third kappa shape index (κ3) is 1.80. The second-order valence-electron chi connectivity index (χ2n) is 3.93. The fourth-order valence-corrected chi connectivity index (χ4v) is 1.79. The number of ether oxygens (including phenoxy) is 1. The number of amides is 1. The molecule has 0 bridgehead atoms. The molecule has 0 spiro atoms. The average Bonchev–Trinajstić information content (AvgIpc) is 2.96. The van der Waals surface area contributed by atoms with Crippen LogP contribution in [0, 0.1) is 0 Å². The van der Waals surface area contributed by atoms with E-state index in [2.05, 4.69) is 20.3 Å².